The number of amides is 1. The molecule has 0 saturated heterocycles. The lowest BCUT2D eigenvalue weighted by Gasteiger charge is -2.24. The maximum Gasteiger partial charge on any atom is 0.228 e. The third kappa shape index (κ3) is 6.62. The van der Waals surface area contributed by atoms with Crippen LogP contribution < -0.4 is 14.4 Å². The van der Waals surface area contributed by atoms with Crippen molar-refractivity contribution in [2.75, 3.05) is 51.1 Å². The number of likely N-dealkylation sites (N-methyl/N-ethyl adjacent to an activating group) is 1. The van der Waals surface area contributed by atoms with Crippen molar-refractivity contribution in [3.05, 3.63) is 42.5 Å². The van der Waals surface area contributed by atoms with E-state index in [2.05, 4.69) is 30.9 Å². The van der Waals surface area contributed by atoms with Crippen molar-refractivity contribution in [3.63, 3.8) is 0 Å². The van der Waals surface area contributed by atoms with Crippen molar-refractivity contribution in [1.29, 1.82) is 0 Å². The van der Waals surface area contributed by atoms with Crippen molar-refractivity contribution in [2.24, 2.45) is 0 Å². The Hall–Kier alpha value is -2.29. The average Bonchev–Trinajstić information content (AvgIpc) is 3.29. The number of methoxy groups -OCH3 is 2. The van der Waals surface area contributed by atoms with E-state index in [0.29, 0.717) is 23.8 Å². The van der Waals surface area contributed by atoms with Gasteiger partial charge in [0.2, 0.25) is 5.91 Å². The highest BCUT2D eigenvalue weighted by molar-refractivity contribution is 7.99. The second kappa shape index (κ2) is 12.8. The highest BCUT2D eigenvalue weighted by atomic mass is 32.2. The second-order valence-electron chi connectivity index (χ2n) is 7.48. The van der Waals surface area contributed by atoms with Gasteiger partial charge in [-0.1, -0.05) is 43.4 Å². The monoisotopic (exact) mass is 487 g/mol. The maximum absolute atomic E-state index is 13.3. The number of hydrogen-bond acceptors (Lipinski definition) is 7. The molecule has 0 saturated carbocycles. The van der Waals surface area contributed by atoms with E-state index >= 15 is 0 Å². The molecule has 0 spiro atoms. The lowest BCUT2D eigenvalue weighted by molar-refractivity contribution is -0.118. The summed E-state index contributed by atoms with van der Waals surface area (Å²) in [7, 11) is 3.28. The van der Waals surface area contributed by atoms with Crippen molar-refractivity contribution in [1.82, 2.24) is 9.88 Å². The SMILES string of the molecule is CCN(CC)CCN(C(=O)CCCSc1ccccc1)c1nc2c(OC)ccc(OC)c2s1. The van der Waals surface area contributed by atoms with Gasteiger partial charge in [-0.15, -0.1) is 11.8 Å². The molecule has 0 atom stereocenters. The van der Waals surface area contributed by atoms with Gasteiger partial charge in [0, 0.05) is 24.4 Å². The lowest BCUT2D eigenvalue weighted by Crippen LogP contribution is -2.38. The van der Waals surface area contributed by atoms with Crippen LogP contribution in [0.2, 0.25) is 0 Å². The van der Waals surface area contributed by atoms with Gasteiger partial charge in [0.15, 0.2) is 5.13 Å². The van der Waals surface area contributed by atoms with E-state index in [4.69, 9.17) is 14.5 Å². The third-order valence-corrected chi connectivity index (χ3v) is 7.70. The first kappa shape index (κ1) is 25.3. The summed E-state index contributed by atoms with van der Waals surface area (Å²) >= 11 is 3.27. The molecule has 0 aliphatic heterocycles. The van der Waals surface area contributed by atoms with Crippen molar-refractivity contribution >= 4 is 44.4 Å². The summed E-state index contributed by atoms with van der Waals surface area (Å²) in [5, 5.41) is 0.695. The minimum absolute atomic E-state index is 0.104. The van der Waals surface area contributed by atoms with Crippen LogP contribution in [0.15, 0.2) is 47.4 Å². The number of hydrogen-bond donors (Lipinski definition) is 0. The van der Waals surface area contributed by atoms with E-state index in [0.717, 1.165) is 47.8 Å². The van der Waals surface area contributed by atoms with Crippen LogP contribution in [-0.4, -0.2) is 61.9 Å². The fourth-order valence-corrected chi connectivity index (χ4v) is 5.55. The molecule has 2 aromatic carbocycles. The number of rotatable bonds is 13. The number of thioether (sulfide) groups is 1. The normalized spacial score (nSPS) is 11.2. The molecule has 0 aliphatic rings. The summed E-state index contributed by atoms with van der Waals surface area (Å²) in [6, 6.07) is 14.0. The van der Waals surface area contributed by atoms with Crippen LogP contribution in [0.25, 0.3) is 10.2 Å². The minimum Gasteiger partial charge on any atom is -0.495 e. The molecule has 1 aromatic heterocycles. The van der Waals surface area contributed by atoms with Gasteiger partial charge in [-0.25, -0.2) is 4.98 Å². The molecule has 0 bridgehead atoms. The van der Waals surface area contributed by atoms with Crippen molar-refractivity contribution < 1.29 is 14.3 Å². The predicted octanol–water partition coefficient (Wildman–Crippen LogP) is 5.56. The number of thiazole rings is 1. The molecule has 0 fully saturated rings. The maximum atomic E-state index is 13.3. The highest BCUT2D eigenvalue weighted by Crippen LogP contribution is 2.40. The molecule has 1 heterocycles. The van der Waals surface area contributed by atoms with Gasteiger partial charge in [0.05, 0.1) is 14.2 Å². The van der Waals surface area contributed by atoms with E-state index in [1.54, 1.807) is 26.0 Å². The summed E-state index contributed by atoms with van der Waals surface area (Å²) in [5.74, 6) is 2.43. The third-order valence-electron chi connectivity index (χ3n) is 5.51. The lowest BCUT2D eigenvalue weighted by atomic mass is 10.3. The Morgan fingerprint density at radius 2 is 1.70 bits per heavy atom. The molecule has 6 nitrogen and oxygen atoms in total. The van der Waals surface area contributed by atoms with Gasteiger partial charge in [-0.2, -0.15) is 0 Å². The van der Waals surface area contributed by atoms with Crippen molar-refractivity contribution in [3.8, 4) is 11.5 Å². The largest absolute Gasteiger partial charge is 0.495 e. The quantitative estimate of drug-likeness (QED) is 0.232. The van der Waals surface area contributed by atoms with Gasteiger partial charge >= 0.3 is 0 Å². The second-order valence-corrected chi connectivity index (χ2v) is 9.63. The van der Waals surface area contributed by atoms with Crippen LogP contribution in [0.1, 0.15) is 26.7 Å². The van der Waals surface area contributed by atoms with Crippen LogP contribution in [0.5, 0.6) is 11.5 Å². The highest BCUT2D eigenvalue weighted by Gasteiger charge is 2.22. The first-order valence-electron chi connectivity index (χ1n) is 11.3. The van der Waals surface area contributed by atoms with E-state index in [-0.39, 0.29) is 5.91 Å². The summed E-state index contributed by atoms with van der Waals surface area (Å²) < 4.78 is 11.9. The summed E-state index contributed by atoms with van der Waals surface area (Å²) in [6.07, 6.45) is 1.31. The van der Waals surface area contributed by atoms with Crippen LogP contribution in [0, 0.1) is 0 Å². The summed E-state index contributed by atoms with van der Waals surface area (Å²) in [5.41, 5.74) is 0.733. The molecule has 1 amide bonds. The van der Waals surface area contributed by atoms with E-state index < -0.39 is 0 Å². The molecule has 0 unspecified atom stereocenters. The first-order valence-corrected chi connectivity index (χ1v) is 13.1. The minimum atomic E-state index is 0.104. The summed E-state index contributed by atoms with van der Waals surface area (Å²) in [4.78, 5) is 23.5. The molecule has 0 N–H and O–H groups in total. The van der Waals surface area contributed by atoms with Gasteiger partial charge in [0.25, 0.3) is 0 Å². The van der Waals surface area contributed by atoms with Gasteiger partial charge in [0.1, 0.15) is 21.7 Å². The topological polar surface area (TPSA) is 54.9 Å². The Morgan fingerprint density at radius 3 is 2.36 bits per heavy atom. The number of nitrogens with zero attached hydrogens (tertiary/aromatic N) is 3. The Labute approximate surface area is 204 Å². The fourth-order valence-electron chi connectivity index (χ4n) is 3.56. The molecule has 3 aromatic rings. The van der Waals surface area contributed by atoms with Crippen LogP contribution in [0.3, 0.4) is 0 Å². The fraction of sp³-hybridized carbons (Fsp3) is 0.440. The first-order chi connectivity index (χ1) is 16.1. The standard InChI is InChI=1S/C25H33N3O3S2/c1-5-27(6-2)16-17-28(22(29)13-10-18-32-19-11-8-7-9-12-19)25-26-23-20(30-3)14-15-21(31-4)24(23)33-25/h7-9,11-12,14-15H,5-6,10,13,16-18H2,1-4H3. The number of fused-ring (bicyclic) bond motifs is 1. The molecule has 0 aliphatic carbocycles. The Bertz CT molecular complexity index is 981. The molecule has 0 radical (unpaired) electrons. The Morgan fingerprint density at radius 1 is 1.00 bits per heavy atom. The number of aromatic nitrogens is 1. The van der Waals surface area contributed by atoms with Crippen LogP contribution >= 0.6 is 23.1 Å². The zero-order valence-corrected chi connectivity index (χ0v) is 21.5. The molecular formula is C25H33N3O3S2. The Balaban J connectivity index is 1.77. The number of anilines is 1. The number of ether oxygens (including phenoxy) is 2. The van der Waals surface area contributed by atoms with E-state index in [1.165, 1.54) is 16.2 Å². The van der Waals surface area contributed by atoms with Gasteiger partial charge < -0.3 is 14.4 Å². The zero-order valence-electron chi connectivity index (χ0n) is 19.9. The molecule has 8 heteroatoms. The van der Waals surface area contributed by atoms with Gasteiger partial charge in [-0.05, 0) is 49.5 Å². The van der Waals surface area contributed by atoms with Crippen LogP contribution in [0.4, 0.5) is 5.13 Å². The van der Waals surface area contributed by atoms with Crippen LogP contribution in [-0.2, 0) is 4.79 Å². The zero-order chi connectivity index (χ0) is 23.6. The van der Waals surface area contributed by atoms with E-state index in [9.17, 15) is 4.79 Å². The van der Waals surface area contributed by atoms with Crippen molar-refractivity contribution in [2.45, 2.75) is 31.6 Å². The molecule has 178 valence electrons. The number of carbonyl (C=O) groups excluding carboxylic acids is 1. The number of carbonyl (C=O) groups is 1. The molecule has 33 heavy (non-hydrogen) atoms. The molecular weight excluding hydrogens is 454 g/mol. The molecule has 3 rings (SSSR count). The van der Waals surface area contributed by atoms with Gasteiger partial charge in [-0.3, -0.25) is 9.69 Å². The Kier molecular flexibility index (Phi) is 9.84. The predicted molar refractivity (Wildman–Crippen MR) is 139 cm³/mol. The smallest absolute Gasteiger partial charge is 0.228 e. The van der Waals surface area contributed by atoms with E-state index in [1.807, 2.05) is 35.2 Å². The average molecular weight is 488 g/mol. The number of benzene rings is 2. The summed E-state index contributed by atoms with van der Waals surface area (Å²) in [6.45, 7) is 7.60.